The summed E-state index contributed by atoms with van der Waals surface area (Å²) in [4.78, 5) is 33.5. The monoisotopic (exact) mass is 490 g/mol. The van der Waals surface area contributed by atoms with Gasteiger partial charge in [0.15, 0.2) is 0 Å². The van der Waals surface area contributed by atoms with Crippen LogP contribution in [-0.4, -0.2) is 27.0 Å². The highest BCUT2D eigenvalue weighted by Crippen LogP contribution is 2.27. The maximum Gasteiger partial charge on any atom is 0.322 e. The summed E-state index contributed by atoms with van der Waals surface area (Å²) in [5.41, 5.74) is 0.698. The van der Waals surface area contributed by atoms with E-state index in [0.29, 0.717) is 41.8 Å². The SMILES string of the molecule is CCCCN(C(=O)Nc1ccccc1F)C(CC)c1nc2ccccc2c(=O)n1-c1ccc(F)cc1. The average molecular weight is 491 g/mol. The van der Waals surface area contributed by atoms with Gasteiger partial charge in [-0.3, -0.25) is 9.36 Å². The molecule has 186 valence electrons. The van der Waals surface area contributed by atoms with Crippen LogP contribution in [0.4, 0.5) is 19.3 Å². The maximum absolute atomic E-state index is 14.3. The molecule has 1 atom stereocenters. The molecule has 36 heavy (non-hydrogen) atoms. The molecule has 0 aliphatic carbocycles. The van der Waals surface area contributed by atoms with E-state index in [1.165, 1.54) is 41.0 Å². The molecule has 4 rings (SSSR count). The van der Waals surface area contributed by atoms with Crippen LogP contribution >= 0.6 is 0 Å². The molecule has 8 heteroatoms. The normalized spacial score (nSPS) is 11.9. The Morgan fingerprint density at radius 2 is 1.69 bits per heavy atom. The molecule has 3 aromatic carbocycles. The third-order valence-electron chi connectivity index (χ3n) is 6.08. The van der Waals surface area contributed by atoms with Crippen molar-refractivity contribution in [1.29, 1.82) is 0 Å². The van der Waals surface area contributed by atoms with Gasteiger partial charge in [0.25, 0.3) is 5.56 Å². The number of carbonyl (C=O) groups excluding carboxylic acids is 1. The van der Waals surface area contributed by atoms with Crippen molar-refractivity contribution in [2.24, 2.45) is 0 Å². The van der Waals surface area contributed by atoms with Crippen molar-refractivity contribution in [2.45, 2.75) is 39.2 Å². The van der Waals surface area contributed by atoms with Gasteiger partial charge in [-0.2, -0.15) is 0 Å². The number of fused-ring (bicyclic) bond motifs is 1. The summed E-state index contributed by atoms with van der Waals surface area (Å²) in [5.74, 6) is -0.614. The minimum Gasteiger partial charge on any atom is -0.314 e. The molecule has 1 N–H and O–H groups in total. The first-order valence-corrected chi connectivity index (χ1v) is 12.0. The second-order valence-corrected chi connectivity index (χ2v) is 8.49. The number of halogens is 2. The van der Waals surface area contributed by atoms with E-state index in [9.17, 15) is 18.4 Å². The molecule has 0 saturated heterocycles. The molecule has 0 saturated carbocycles. The molecular weight excluding hydrogens is 462 g/mol. The van der Waals surface area contributed by atoms with Crippen molar-refractivity contribution < 1.29 is 13.6 Å². The third kappa shape index (κ3) is 5.12. The molecule has 1 heterocycles. The number of aromatic nitrogens is 2. The summed E-state index contributed by atoms with van der Waals surface area (Å²) in [6.45, 7) is 4.29. The van der Waals surface area contributed by atoms with E-state index >= 15 is 0 Å². The van der Waals surface area contributed by atoms with Gasteiger partial charge in [0, 0.05) is 6.54 Å². The number of unbranched alkanes of at least 4 members (excludes halogenated alkanes) is 1. The lowest BCUT2D eigenvalue weighted by atomic mass is 10.1. The van der Waals surface area contributed by atoms with Gasteiger partial charge in [-0.25, -0.2) is 18.6 Å². The summed E-state index contributed by atoms with van der Waals surface area (Å²) in [7, 11) is 0. The van der Waals surface area contributed by atoms with E-state index in [2.05, 4.69) is 5.32 Å². The summed E-state index contributed by atoms with van der Waals surface area (Å²) in [5, 5.41) is 3.08. The number of amides is 2. The number of hydrogen-bond acceptors (Lipinski definition) is 3. The van der Waals surface area contributed by atoms with Gasteiger partial charge in [0.1, 0.15) is 17.5 Å². The Hall–Kier alpha value is -4.07. The zero-order chi connectivity index (χ0) is 25.7. The second kappa shape index (κ2) is 11.1. The van der Waals surface area contributed by atoms with Crippen LogP contribution in [0.2, 0.25) is 0 Å². The van der Waals surface area contributed by atoms with Gasteiger partial charge >= 0.3 is 6.03 Å². The van der Waals surface area contributed by atoms with Crippen LogP contribution in [0.5, 0.6) is 0 Å². The zero-order valence-electron chi connectivity index (χ0n) is 20.2. The van der Waals surface area contributed by atoms with Crippen LogP contribution in [0.3, 0.4) is 0 Å². The Kier molecular flexibility index (Phi) is 7.73. The second-order valence-electron chi connectivity index (χ2n) is 8.49. The van der Waals surface area contributed by atoms with Crippen LogP contribution in [0.25, 0.3) is 16.6 Å². The van der Waals surface area contributed by atoms with E-state index in [4.69, 9.17) is 4.98 Å². The predicted octanol–water partition coefficient (Wildman–Crippen LogP) is 6.45. The van der Waals surface area contributed by atoms with Crippen molar-refractivity contribution in [1.82, 2.24) is 14.5 Å². The Labute approximate surface area is 208 Å². The van der Waals surface area contributed by atoms with E-state index in [-0.39, 0.29) is 11.2 Å². The predicted molar refractivity (Wildman–Crippen MR) is 137 cm³/mol. The highest BCUT2D eigenvalue weighted by atomic mass is 19.1. The van der Waals surface area contributed by atoms with Crippen LogP contribution in [-0.2, 0) is 0 Å². The highest BCUT2D eigenvalue weighted by Gasteiger charge is 2.29. The van der Waals surface area contributed by atoms with Crippen LogP contribution in [0.1, 0.15) is 45.0 Å². The van der Waals surface area contributed by atoms with Gasteiger partial charge in [-0.05, 0) is 61.4 Å². The van der Waals surface area contributed by atoms with Gasteiger partial charge in [-0.1, -0.05) is 44.5 Å². The Morgan fingerprint density at radius 1 is 1.00 bits per heavy atom. The molecule has 0 radical (unpaired) electrons. The molecule has 1 aromatic heterocycles. The molecule has 6 nitrogen and oxygen atoms in total. The quantitative estimate of drug-likeness (QED) is 0.309. The van der Waals surface area contributed by atoms with Crippen molar-refractivity contribution in [2.75, 3.05) is 11.9 Å². The van der Waals surface area contributed by atoms with Gasteiger partial charge in [0.2, 0.25) is 0 Å². The Morgan fingerprint density at radius 3 is 2.39 bits per heavy atom. The molecule has 4 aromatic rings. The molecule has 2 amide bonds. The topological polar surface area (TPSA) is 67.2 Å². The van der Waals surface area contributed by atoms with E-state index in [1.807, 2.05) is 13.8 Å². The van der Waals surface area contributed by atoms with Crippen molar-refractivity contribution in [3.63, 3.8) is 0 Å². The number of benzene rings is 3. The summed E-state index contributed by atoms with van der Waals surface area (Å²) in [6.07, 6.45) is 1.98. The lowest BCUT2D eigenvalue weighted by Gasteiger charge is -2.32. The van der Waals surface area contributed by atoms with Crippen LogP contribution < -0.4 is 10.9 Å². The zero-order valence-corrected chi connectivity index (χ0v) is 20.2. The maximum atomic E-state index is 14.3. The Balaban J connectivity index is 1.87. The van der Waals surface area contributed by atoms with Crippen molar-refractivity contribution >= 4 is 22.6 Å². The van der Waals surface area contributed by atoms with E-state index in [0.717, 1.165) is 6.42 Å². The van der Waals surface area contributed by atoms with E-state index in [1.54, 1.807) is 41.3 Å². The number of anilines is 1. The first-order chi connectivity index (χ1) is 17.4. The number of rotatable bonds is 8. The first kappa shape index (κ1) is 25.0. The molecule has 0 aliphatic rings. The van der Waals surface area contributed by atoms with E-state index < -0.39 is 23.7 Å². The standard InChI is InChI=1S/C28H28F2N4O2/c1-3-5-18-33(28(36)32-24-13-9-7-11-22(24)30)25(4-2)26-31-23-12-8-6-10-21(23)27(35)34(26)20-16-14-19(29)15-17-20/h6-17,25H,3-5,18H2,1-2H3,(H,32,36). The lowest BCUT2D eigenvalue weighted by molar-refractivity contribution is 0.180. The number of nitrogens with one attached hydrogen (secondary N) is 1. The van der Waals surface area contributed by atoms with Crippen molar-refractivity contribution in [3.05, 3.63) is 101 Å². The summed E-state index contributed by atoms with van der Waals surface area (Å²) in [6, 6.07) is 17.4. The number of para-hydroxylation sites is 2. The number of nitrogens with zero attached hydrogens (tertiary/aromatic N) is 3. The van der Waals surface area contributed by atoms with Gasteiger partial charge in [0.05, 0.1) is 28.3 Å². The number of carbonyl (C=O) groups is 1. The van der Waals surface area contributed by atoms with Gasteiger partial charge < -0.3 is 10.2 Å². The fourth-order valence-corrected chi connectivity index (χ4v) is 4.23. The van der Waals surface area contributed by atoms with Crippen LogP contribution in [0.15, 0.2) is 77.6 Å². The fraction of sp³-hybridized carbons (Fsp3) is 0.250. The summed E-state index contributed by atoms with van der Waals surface area (Å²) < 4.78 is 29.4. The van der Waals surface area contributed by atoms with Crippen molar-refractivity contribution in [3.8, 4) is 5.69 Å². The van der Waals surface area contributed by atoms with Crippen LogP contribution in [0, 0.1) is 11.6 Å². The molecule has 0 spiro atoms. The lowest BCUT2D eigenvalue weighted by Crippen LogP contribution is -2.41. The minimum atomic E-state index is -0.606. The Bertz CT molecular complexity index is 1420. The molecular formula is C28H28F2N4O2. The number of hydrogen-bond donors (Lipinski definition) is 1. The molecule has 0 bridgehead atoms. The first-order valence-electron chi connectivity index (χ1n) is 12.0. The average Bonchev–Trinajstić information content (AvgIpc) is 2.88. The largest absolute Gasteiger partial charge is 0.322 e. The molecule has 1 unspecified atom stereocenters. The number of urea groups is 1. The summed E-state index contributed by atoms with van der Waals surface area (Å²) >= 11 is 0. The minimum absolute atomic E-state index is 0.0706. The third-order valence-corrected chi connectivity index (χ3v) is 6.08. The smallest absolute Gasteiger partial charge is 0.314 e. The fourth-order valence-electron chi connectivity index (χ4n) is 4.23. The molecule has 0 aliphatic heterocycles. The van der Waals surface area contributed by atoms with Gasteiger partial charge in [-0.15, -0.1) is 0 Å². The highest BCUT2D eigenvalue weighted by molar-refractivity contribution is 5.89. The molecule has 0 fully saturated rings.